The Hall–Kier alpha value is -0.0400. The normalized spacial score (nSPS) is 22.6. The van der Waals surface area contributed by atoms with Crippen molar-refractivity contribution >= 4 is 29.9 Å². The number of nitrogens with zero attached hydrogens (tertiary/aromatic N) is 2. The van der Waals surface area contributed by atoms with Crippen molar-refractivity contribution in [3.8, 4) is 0 Å². The lowest BCUT2D eigenvalue weighted by Gasteiger charge is -2.44. The topological polar surface area (TPSA) is 47.9 Å². The van der Waals surface area contributed by atoms with Gasteiger partial charge in [-0.2, -0.15) is 0 Å². The minimum atomic E-state index is 0. The smallest absolute Gasteiger partial charge is 0.194 e. The van der Waals surface area contributed by atoms with E-state index < -0.39 is 0 Å². The summed E-state index contributed by atoms with van der Waals surface area (Å²) in [5, 5.41) is 12.4. The van der Waals surface area contributed by atoms with Gasteiger partial charge in [-0.25, -0.2) is 0 Å². The van der Waals surface area contributed by atoms with Gasteiger partial charge in [0.2, 0.25) is 0 Å². The molecule has 21 heavy (non-hydrogen) atoms. The molecule has 2 N–H and O–H groups in total. The second kappa shape index (κ2) is 9.87. The lowest BCUT2D eigenvalue weighted by molar-refractivity contribution is 0.115. The van der Waals surface area contributed by atoms with Gasteiger partial charge >= 0.3 is 0 Å². The maximum absolute atomic E-state index is 9.01. The van der Waals surface area contributed by atoms with Gasteiger partial charge in [0.05, 0.1) is 13.2 Å². The highest BCUT2D eigenvalue weighted by Crippen LogP contribution is 2.42. The number of nitrogens with one attached hydrogen (secondary N) is 1. The van der Waals surface area contributed by atoms with E-state index in [4.69, 9.17) is 5.11 Å². The number of rotatable bonds is 3. The number of halogens is 1. The van der Waals surface area contributed by atoms with Gasteiger partial charge in [-0.15, -0.1) is 24.0 Å². The Labute approximate surface area is 146 Å². The molecule has 0 radical (unpaired) electrons. The van der Waals surface area contributed by atoms with E-state index in [-0.39, 0.29) is 30.6 Å². The van der Waals surface area contributed by atoms with Crippen LogP contribution in [-0.2, 0) is 0 Å². The van der Waals surface area contributed by atoms with Crippen LogP contribution in [0.1, 0.15) is 58.3 Å². The number of likely N-dealkylation sites (tertiary alicyclic amines) is 1. The van der Waals surface area contributed by atoms with Crippen molar-refractivity contribution < 1.29 is 5.11 Å². The van der Waals surface area contributed by atoms with Gasteiger partial charge < -0.3 is 15.3 Å². The molecule has 4 nitrogen and oxygen atoms in total. The Morgan fingerprint density at radius 1 is 1.14 bits per heavy atom. The third kappa shape index (κ3) is 5.58. The molecule has 124 valence electrons. The summed E-state index contributed by atoms with van der Waals surface area (Å²) in [4.78, 5) is 6.98. The van der Waals surface area contributed by atoms with Crippen LogP contribution in [0.4, 0.5) is 0 Å². The summed E-state index contributed by atoms with van der Waals surface area (Å²) >= 11 is 0. The minimum absolute atomic E-state index is 0. The predicted octanol–water partition coefficient (Wildman–Crippen LogP) is 3.00. The Morgan fingerprint density at radius 2 is 1.81 bits per heavy atom. The third-order valence-electron chi connectivity index (χ3n) is 4.82. The first kappa shape index (κ1) is 19.0. The minimum Gasteiger partial charge on any atom is -0.394 e. The first-order valence-electron chi connectivity index (χ1n) is 8.44. The fraction of sp³-hybridized carbons (Fsp3) is 0.938. The molecular formula is C16H32IN3O. The van der Waals surface area contributed by atoms with Crippen LogP contribution in [0.5, 0.6) is 0 Å². The van der Waals surface area contributed by atoms with E-state index in [1.807, 2.05) is 0 Å². The maximum atomic E-state index is 9.01. The zero-order valence-corrected chi connectivity index (χ0v) is 15.8. The van der Waals surface area contributed by atoms with E-state index in [9.17, 15) is 0 Å². The largest absolute Gasteiger partial charge is 0.394 e. The molecule has 0 aromatic heterocycles. The van der Waals surface area contributed by atoms with Crippen molar-refractivity contribution in [3.05, 3.63) is 0 Å². The second-order valence-electron chi connectivity index (χ2n) is 6.40. The van der Waals surface area contributed by atoms with E-state index in [1.54, 1.807) is 0 Å². The van der Waals surface area contributed by atoms with Crippen LogP contribution in [0, 0.1) is 5.41 Å². The highest BCUT2D eigenvalue weighted by Gasteiger charge is 2.36. The van der Waals surface area contributed by atoms with Gasteiger partial charge in [-0.1, -0.05) is 25.7 Å². The molecule has 0 atom stereocenters. The average molecular weight is 409 g/mol. The number of aliphatic hydroxyl groups excluding tert-OH is 1. The van der Waals surface area contributed by atoms with Crippen LogP contribution in [0.25, 0.3) is 0 Å². The fourth-order valence-electron chi connectivity index (χ4n) is 3.86. The van der Waals surface area contributed by atoms with Crippen LogP contribution >= 0.6 is 24.0 Å². The molecule has 2 aliphatic rings. The summed E-state index contributed by atoms with van der Waals surface area (Å²) in [5.41, 5.74) is 0.532. The number of guanidine groups is 1. The SMILES string of the molecule is CCNC(=NCCO)N1CCCC2(CCCCCC2)C1.I. The molecule has 1 saturated heterocycles. The highest BCUT2D eigenvalue weighted by molar-refractivity contribution is 14.0. The Kier molecular flexibility index (Phi) is 8.94. The van der Waals surface area contributed by atoms with Gasteiger partial charge in [0.15, 0.2) is 5.96 Å². The summed E-state index contributed by atoms with van der Waals surface area (Å²) in [6.45, 7) is 5.91. The summed E-state index contributed by atoms with van der Waals surface area (Å²) < 4.78 is 0. The van der Waals surface area contributed by atoms with Crippen LogP contribution in [0.2, 0.25) is 0 Å². The molecule has 0 unspecified atom stereocenters. The number of aliphatic imine (C=N–C) groups is 1. The summed E-state index contributed by atoms with van der Waals surface area (Å²) in [7, 11) is 0. The lowest BCUT2D eigenvalue weighted by atomic mass is 9.74. The van der Waals surface area contributed by atoms with Gasteiger partial charge in [0.1, 0.15) is 0 Å². The molecule has 1 saturated carbocycles. The Morgan fingerprint density at radius 3 is 2.43 bits per heavy atom. The summed E-state index contributed by atoms with van der Waals surface area (Å²) in [6, 6.07) is 0. The van der Waals surface area contributed by atoms with Crippen molar-refractivity contribution in [2.45, 2.75) is 58.3 Å². The standard InChI is InChI=1S/C16H31N3O.HI/c1-2-17-15(18-11-13-20)19-12-7-10-16(14-19)8-5-3-4-6-9-16;/h20H,2-14H2,1H3,(H,17,18);1H. The number of hydrogen-bond acceptors (Lipinski definition) is 2. The predicted molar refractivity (Wildman–Crippen MR) is 99.4 cm³/mol. The summed E-state index contributed by atoms with van der Waals surface area (Å²) in [5.74, 6) is 1.00. The first-order valence-corrected chi connectivity index (χ1v) is 8.44. The third-order valence-corrected chi connectivity index (χ3v) is 4.82. The summed E-state index contributed by atoms with van der Waals surface area (Å²) in [6.07, 6.45) is 11.1. The Bertz CT molecular complexity index is 315. The molecule has 2 fully saturated rings. The van der Waals surface area contributed by atoms with Crippen molar-refractivity contribution in [2.75, 3.05) is 32.8 Å². The highest BCUT2D eigenvalue weighted by atomic mass is 127. The molecule has 0 amide bonds. The Balaban J connectivity index is 0.00000220. The molecule has 1 aliphatic carbocycles. The quantitative estimate of drug-likeness (QED) is 0.428. The lowest BCUT2D eigenvalue weighted by Crippen LogP contribution is -2.50. The van der Waals surface area contributed by atoms with Crippen molar-refractivity contribution in [2.24, 2.45) is 10.4 Å². The van der Waals surface area contributed by atoms with Crippen molar-refractivity contribution in [3.63, 3.8) is 0 Å². The molecule has 2 rings (SSSR count). The maximum Gasteiger partial charge on any atom is 0.194 e. The molecule has 1 aliphatic heterocycles. The second-order valence-corrected chi connectivity index (χ2v) is 6.40. The molecular weight excluding hydrogens is 377 g/mol. The molecule has 5 heteroatoms. The molecule has 0 bridgehead atoms. The van der Waals surface area contributed by atoms with E-state index in [2.05, 4.69) is 22.1 Å². The first-order chi connectivity index (χ1) is 9.79. The average Bonchev–Trinajstić information content (AvgIpc) is 2.69. The number of piperidine rings is 1. The molecule has 0 aromatic carbocycles. The van der Waals surface area contributed by atoms with Crippen LogP contribution in [-0.4, -0.2) is 48.8 Å². The molecule has 0 aromatic rings. The molecule has 1 heterocycles. The van der Waals surface area contributed by atoms with Gasteiger partial charge in [-0.05, 0) is 38.0 Å². The monoisotopic (exact) mass is 409 g/mol. The number of aliphatic hydroxyl groups is 1. The van der Waals surface area contributed by atoms with Crippen LogP contribution in [0.15, 0.2) is 4.99 Å². The number of hydrogen-bond donors (Lipinski definition) is 2. The van der Waals surface area contributed by atoms with E-state index in [0.29, 0.717) is 12.0 Å². The fourth-order valence-corrected chi connectivity index (χ4v) is 3.86. The van der Waals surface area contributed by atoms with Crippen molar-refractivity contribution in [1.29, 1.82) is 0 Å². The van der Waals surface area contributed by atoms with E-state index in [1.165, 1.54) is 51.4 Å². The van der Waals surface area contributed by atoms with Gasteiger partial charge in [-0.3, -0.25) is 4.99 Å². The zero-order valence-electron chi connectivity index (χ0n) is 13.4. The van der Waals surface area contributed by atoms with E-state index in [0.717, 1.165) is 25.6 Å². The molecule has 1 spiro atoms. The zero-order chi connectivity index (χ0) is 14.3. The van der Waals surface area contributed by atoms with E-state index >= 15 is 0 Å². The van der Waals surface area contributed by atoms with Gasteiger partial charge in [0, 0.05) is 19.6 Å². The van der Waals surface area contributed by atoms with Gasteiger partial charge in [0.25, 0.3) is 0 Å². The van der Waals surface area contributed by atoms with Crippen LogP contribution in [0.3, 0.4) is 0 Å². The van der Waals surface area contributed by atoms with Crippen molar-refractivity contribution in [1.82, 2.24) is 10.2 Å². The van der Waals surface area contributed by atoms with Crippen LogP contribution < -0.4 is 5.32 Å².